The summed E-state index contributed by atoms with van der Waals surface area (Å²) >= 11 is 0. The molecule has 0 aliphatic carbocycles. The van der Waals surface area contributed by atoms with Crippen LogP contribution >= 0.6 is 0 Å². The smallest absolute Gasteiger partial charge is 0.228 e. The molecule has 2 heterocycles. The van der Waals surface area contributed by atoms with Crippen molar-refractivity contribution in [2.45, 2.75) is 19.4 Å². The summed E-state index contributed by atoms with van der Waals surface area (Å²) in [6.07, 6.45) is 0.357. The lowest BCUT2D eigenvalue weighted by Crippen LogP contribution is -2.38. The first-order valence-corrected chi connectivity index (χ1v) is 6.21. The summed E-state index contributed by atoms with van der Waals surface area (Å²) < 4.78 is 0. The Hall–Kier alpha value is -1.10. The lowest BCUT2D eigenvalue weighted by atomic mass is 10.1. The van der Waals surface area contributed by atoms with Crippen LogP contribution < -0.4 is 5.32 Å². The van der Waals surface area contributed by atoms with Gasteiger partial charge in [0, 0.05) is 32.1 Å². The summed E-state index contributed by atoms with van der Waals surface area (Å²) in [6, 6.07) is 0.434. The molecule has 5 nitrogen and oxygen atoms in total. The van der Waals surface area contributed by atoms with E-state index in [-0.39, 0.29) is 17.7 Å². The van der Waals surface area contributed by atoms with E-state index in [2.05, 4.69) is 31.2 Å². The van der Waals surface area contributed by atoms with Gasteiger partial charge in [-0.05, 0) is 20.0 Å². The molecule has 0 aromatic heterocycles. The van der Waals surface area contributed by atoms with Gasteiger partial charge in [-0.3, -0.25) is 9.59 Å². The highest BCUT2D eigenvalue weighted by atomic mass is 16.2. The molecule has 0 saturated carbocycles. The number of hydrogen-bond donors (Lipinski definition) is 1. The fraction of sp³-hybridized carbons (Fsp3) is 0.833. The van der Waals surface area contributed by atoms with Gasteiger partial charge in [0.15, 0.2) is 0 Å². The first kappa shape index (κ1) is 12.4. The number of nitrogens with one attached hydrogen (secondary N) is 1. The van der Waals surface area contributed by atoms with Crippen molar-refractivity contribution in [3.63, 3.8) is 0 Å². The number of hydrogen-bond acceptors (Lipinski definition) is 3. The zero-order valence-electron chi connectivity index (χ0n) is 10.8. The molecule has 0 aromatic carbocycles. The number of likely N-dealkylation sites (N-methyl/N-ethyl adjacent to an activating group) is 1. The molecule has 0 spiro atoms. The molecule has 0 radical (unpaired) electrons. The quantitative estimate of drug-likeness (QED) is 0.709. The van der Waals surface area contributed by atoms with Crippen LogP contribution in [0.1, 0.15) is 13.3 Å². The number of carbonyl (C=O) groups is 2. The molecule has 2 rings (SSSR count). The molecule has 17 heavy (non-hydrogen) atoms. The van der Waals surface area contributed by atoms with E-state index in [1.165, 1.54) is 0 Å². The fourth-order valence-corrected chi connectivity index (χ4v) is 2.84. The lowest BCUT2D eigenvalue weighted by Gasteiger charge is -2.23. The van der Waals surface area contributed by atoms with Crippen LogP contribution in [0.5, 0.6) is 0 Å². The standard InChI is InChI=1S/C12H21N3O2/c1-8-6-15(7-10(8)14(2)3)12(17)9-4-11(16)13-5-9/h8-10H,4-7H2,1-3H3,(H,13,16). The van der Waals surface area contributed by atoms with E-state index < -0.39 is 0 Å². The number of likely N-dealkylation sites (tertiary alicyclic amines) is 1. The molecule has 2 aliphatic heterocycles. The molecule has 1 N–H and O–H groups in total. The minimum absolute atomic E-state index is 0.000227. The summed E-state index contributed by atoms with van der Waals surface area (Å²) in [5, 5.41) is 2.72. The molecular weight excluding hydrogens is 218 g/mol. The van der Waals surface area contributed by atoms with Gasteiger partial charge >= 0.3 is 0 Å². The van der Waals surface area contributed by atoms with E-state index in [0.29, 0.717) is 24.9 Å². The van der Waals surface area contributed by atoms with Gasteiger partial charge in [0.1, 0.15) is 0 Å². The van der Waals surface area contributed by atoms with Gasteiger partial charge in [0.05, 0.1) is 5.92 Å². The number of amides is 2. The second-order valence-electron chi connectivity index (χ2n) is 5.46. The average molecular weight is 239 g/mol. The van der Waals surface area contributed by atoms with Crippen molar-refractivity contribution in [1.82, 2.24) is 15.1 Å². The van der Waals surface area contributed by atoms with Crippen LogP contribution in [0.4, 0.5) is 0 Å². The van der Waals surface area contributed by atoms with Crippen LogP contribution in [-0.2, 0) is 9.59 Å². The van der Waals surface area contributed by atoms with Crippen LogP contribution in [0.2, 0.25) is 0 Å². The second kappa shape index (κ2) is 4.64. The van der Waals surface area contributed by atoms with Crippen molar-refractivity contribution < 1.29 is 9.59 Å². The minimum Gasteiger partial charge on any atom is -0.355 e. The van der Waals surface area contributed by atoms with E-state index in [1.807, 2.05) is 4.90 Å². The maximum atomic E-state index is 12.2. The molecule has 3 unspecified atom stereocenters. The summed E-state index contributed by atoms with van der Waals surface area (Å²) in [4.78, 5) is 27.4. The Kier molecular flexibility index (Phi) is 3.38. The zero-order valence-corrected chi connectivity index (χ0v) is 10.8. The van der Waals surface area contributed by atoms with Gasteiger partial charge in [-0.1, -0.05) is 6.92 Å². The normalized spacial score (nSPS) is 33.3. The Morgan fingerprint density at radius 1 is 1.41 bits per heavy atom. The van der Waals surface area contributed by atoms with Gasteiger partial charge in [-0.2, -0.15) is 0 Å². The van der Waals surface area contributed by atoms with Crippen molar-refractivity contribution in [1.29, 1.82) is 0 Å². The van der Waals surface area contributed by atoms with Crippen LogP contribution in [0.15, 0.2) is 0 Å². The maximum absolute atomic E-state index is 12.2. The predicted molar refractivity (Wildman–Crippen MR) is 64.3 cm³/mol. The van der Waals surface area contributed by atoms with E-state index in [0.717, 1.165) is 13.1 Å². The topological polar surface area (TPSA) is 52.7 Å². The molecule has 96 valence electrons. The summed E-state index contributed by atoms with van der Waals surface area (Å²) in [7, 11) is 4.10. The van der Waals surface area contributed by atoms with E-state index in [4.69, 9.17) is 0 Å². The Morgan fingerprint density at radius 2 is 2.12 bits per heavy atom. The zero-order chi connectivity index (χ0) is 12.6. The van der Waals surface area contributed by atoms with Gasteiger partial charge in [0.25, 0.3) is 0 Å². The van der Waals surface area contributed by atoms with Gasteiger partial charge in [-0.25, -0.2) is 0 Å². The van der Waals surface area contributed by atoms with Crippen molar-refractivity contribution in [3.05, 3.63) is 0 Å². The summed E-state index contributed by atoms with van der Waals surface area (Å²) in [5.74, 6) is 0.494. The van der Waals surface area contributed by atoms with Gasteiger partial charge < -0.3 is 15.1 Å². The number of rotatable bonds is 2. The lowest BCUT2D eigenvalue weighted by molar-refractivity contribution is -0.135. The van der Waals surface area contributed by atoms with Gasteiger partial charge in [-0.15, -0.1) is 0 Å². The summed E-state index contributed by atoms with van der Waals surface area (Å²) in [5.41, 5.74) is 0. The van der Waals surface area contributed by atoms with Crippen molar-refractivity contribution in [3.8, 4) is 0 Å². The van der Waals surface area contributed by atoms with Gasteiger partial charge in [0.2, 0.25) is 11.8 Å². The van der Waals surface area contributed by atoms with Crippen molar-refractivity contribution in [2.24, 2.45) is 11.8 Å². The molecular formula is C12H21N3O2. The molecule has 2 saturated heterocycles. The second-order valence-corrected chi connectivity index (χ2v) is 5.46. The van der Waals surface area contributed by atoms with Crippen molar-refractivity contribution >= 4 is 11.8 Å². The molecule has 0 bridgehead atoms. The van der Waals surface area contributed by atoms with E-state index >= 15 is 0 Å². The maximum Gasteiger partial charge on any atom is 0.228 e. The van der Waals surface area contributed by atoms with Crippen LogP contribution in [0.3, 0.4) is 0 Å². The first-order chi connectivity index (χ1) is 7.99. The first-order valence-electron chi connectivity index (χ1n) is 6.21. The third kappa shape index (κ3) is 2.44. The molecule has 2 aliphatic rings. The number of nitrogens with zero attached hydrogens (tertiary/aromatic N) is 2. The SMILES string of the molecule is CC1CN(C(=O)C2CNC(=O)C2)CC1N(C)C. The molecule has 3 atom stereocenters. The van der Waals surface area contributed by atoms with Crippen LogP contribution in [0, 0.1) is 11.8 Å². The Balaban J connectivity index is 1.96. The highest BCUT2D eigenvalue weighted by Crippen LogP contribution is 2.23. The van der Waals surface area contributed by atoms with Crippen molar-refractivity contribution in [2.75, 3.05) is 33.7 Å². The molecule has 2 amide bonds. The Labute approximate surface area is 102 Å². The highest BCUT2D eigenvalue weighted by molar-refractivity contribution is 5.89. The number of carbonyl (C=O) groups excluding carboxylic acids is 2. The fourth-order valence-electron chi connectivity index (χ4n) is 2.84. The third-order valence-electron chi connectivity index (χ3n) is 3.87. The van der Waals surface area contributed by atoms with E-state index in [1.54, 1.807) is 0 Å². The third-order valence-corrected chi connectivity index (χ3v) is 3.87. The molecule has 5 heteroatoms. The highest BCUT2D eigenvalue weighted by Gasteiger charge is 2.38. The Morgan fingerprint density at radius 3 is 2.59 bits per heavy atom. The summed E-state index contributed by atoms with van der Waals surface area (Å²) in [6.45, 7) is 4.29. The van der Waals surface area contributed by atoms with Crippen LogP contribution in [0.25, 0.3) is 0 Å². The average Bonchev–Trinajstić information content (AvgIpc) is 2.83. The van der Waals surface area contributed by atoms with E-state index in [9.17, 15) is 9.59 Å². The monoisotopic (exact) mass is 239 g/mol. The predicted octanol–water partition coefficient (Wildman–Crippen LogP) is -0.469. The Bertz CT molecular complexity index is 330. The van der Waals surface area contributed by atoms with Crippen LogP contribution in [-0.4, -0.2) is 61.4 Å². The molecule has 2 fully saturated rings. The largest absolute Gasteiger partial charge is 0.355 e. The minimum atomic E-state index is -0.143. The molecule has 0 aromatic rings.